The number of hydrogen-bond acceptors (Lipinski definition) is 3. The molecule has 0 radical (unpaired) electrons. The van der Waals surface area contributed by atoms with Gasteiger partial charge >= 0.3 is 0 Å². The van der Waals surface area contributed by atoms with E-state index in [0.29, 0.717) is 17.5 Å². The van der Waals surface area contributed by atoms with Gasteiger partial charge in [-0.1, -0.05) is 19.8 Å². The van der Waals surface area contributed by atoms with E-state index in [9.17, 15) is 12.8 Å². The lowest BCUT2D eigenvalue weighted by atomic mass is 10.1. The maximum atomic E-state index is 13.3. The third-order valence-corrected chi connectivity index (χ3v) is 5.03. The van der Waals surface area contributed by atoms with Crippen molar-refractivity contribution in [2.75, 3.05) is 6.54 Å². The van der Waals surface area contributed by atoms with E-state index in [4.69, 9.17) is 5.73 Å². The predicted octanol–water partition coefficient (Wildman–Crippen LogP) is 2.66. The van der Waals surface area contributed by atoms with E-state index in [-0.39, 0.29) is 29.9 Å². The molecule has 0 spiro atoms. The SMILES string of the molecule is CCCCC(CN)NS(=O)(=O)c1c(C)cc(F)cc1C.Cl. The smallest absolute Gasteiger partial charge is 0.241 e. The Morgan fingerprint density at radius 1 is 1.29 bits per heavy atom. The number of nitrogens with one attached hydrogen (secondary N) is 1. The Morgan fingerprint density at radius 2 is 1.81 bits per heavy atom. The zero-order chi connectivity index (χ0) is 15.3. The lowest BCUT2D eigenvalue weighted by molar-refractivity contribution is 0.515. The van der Waals surface area contributed by atoms with E-state index in [0.717, 1.165) is 12.8 Å². The van der Waals surface area contributed by atoms with Gasteiger partial charge < -0.3 is 5.73 Å². The fourth-order valence-electron chi connectivity index (χ4n) is 2.28. The van der Waals surface area contributed by atoms with Crippen molar-refractivity contribution in [3.8, 4) is 0 Å². The molecule has 3 N–H and O–H groups in total. The van der Waals surface area contributed by atoms with Gasteiger partial charge in [0.2, 0.25) is 10.0 Å². The second-order valence-corrected chi connectivity index (χ2v) is 6.72. The average Bonchev–Trinajstić information content (AvgIpc) is 2.32. The molecule has 0 aliphatic rings. The van der Waals surface area contributed by atoms with Crippen LogP contribution in [0, 0.1) is 19.7 Å². The molecule has 0 heterocycles. The monoisotopic (exact) mass is 338 g/mol. The van der Waals surface area contributed by atoms with Crippen LogP contribution in [0.15, 0.2) is 17.0 Å². The van der Waals surface area contributed by atoms with Gasteiger partial charge in [0.25, 0.3) is 0 Å². The molecule has 0 saturated heterocycles. The fraction of sp³-hybridized carbons (Fsp3) is 0.571. The zero-order valence-electron chi connectivity index (χ0n) is 12.6. The molecule has 4 nitrogen and oxygen atoms in total. The highest BCUT2D eigenvalue weighted by molar-refractivity contribution is 7.89. The lowest BCUT2D eigenvalue weighted by Crippen LogP contribution is -2.40. The lowest BCUT2D eigenvalue weighted by Gasteiger charge is -2.18. The Morgan fingerprint density at radius 3 is 2.24 bits per heavy atom. The van der Waals surface area contributed by atoms with Gasteiger partial charge in [0.15, 0.2) is 0 Å². The van der Waals surface area contributed by atoms with Crippen LogP contribution >= 0.6 is 12.4 Å². The average molecular weight is 339 g/mol. The zero-order valence-corrected chi connectivity index (χ0v) is 14.3. The van der Waals surface area contributed by atoms with E-state index in [1.807, 2.05) is 6.92 Å². The van der Waals surface area contributed by atoms with Crippen LogP contribution in [0.3, 0.4) is 0 Å². The molecule has 0 saturated carbocycles. The molecular weight excluding hydrogens is 315 g/mol. The van der Waals surface area contributed by atoms with Gasteiger partial charge in [-0.3, -0.25) is 0 Å². The van der Waals surface area contributed by atoms with Crippen molar-refractivity contribution in [3.63, 3.8) is 0 Å². The number of unbranched alkanes of at least 4 members (excludes halogenated alkanes) is 1. The molecule has 1 aromatic carbocycles. The summed E-state index contributed by atoms with van der Waals surface area (Å²) >= 11 is 0. The van der Waals surface area contributed by atoms with Gasteiger partial charge in [-0.15, -0.1) is 12.4 Å². The highest BCUT2D eigenvalue weighted by Gasteiger charge is 2.23. The Bertz CT molecular complexity index is 541. The summed E-state index contributed by atoms with van der Waals surface area (Å²) in [5, 5.41) is 0. The molecule has 0 aromatic heterocycles. The van der Waals surface area contributed by atoms with E-state index < -0.39 is 15.8 Å². The van der Waals surface area contributed by atoms with Crippen molar-refractivity contribution >= 4 is 22.4 Å². The van der Waals surface area contributed by atoms with Gasteiger partial charge in [0.05, 0.1) is 4.90 Å². The van der Waals surface area contributed by atoms with Crippen molar-refractivity contribution in [2.24, 2.45) is 5.73 Å². The molecule has 0 fully saturated rings. The summed E-state index contributed by atoms with van der Waals surface area (Å²) < 4.78 is 40.7. The first kappa shape index (κ1) is 20.3. The highest BCUT2D eigenvalue weighted by atomic mass is 35.5. The number of benzene rings is 1. The number of sulfonamides is 1. The van der Waals surface area contributed by atoms with Gasteiger partial charge in [0.1, 0.15) is 5.82 Å². The quantitative estimate of drug-likeness (QED) is 0.802. The van der Waals surface area contributed by atoms with Crippen LogP contribution in [0.5, 0.6) is 0 Å². The standard InChI is InChI=1S/C14H23FN2O2S.ClH/c1-4-5-6-13(9-16)17-20(18,19)14-10(2)7-12(15)8-11(14)3;/h7-8,13,17H,4-6,9,16H2,1-3H3;1H. The molecular formula is C14H24ClFN2O2S. The molecule has 0 bridgehead atoms. The summed E-state index contributed by atoms with van der Waals surface area (Å²) in [5.74, 6) is -0.430. The Hall–Kier alpha value is -0.690. The molecule has 1 atom stereocenters. The molecule has 7 heteroatoms. The van der Waals surface area contributed by atoms with Crippen molar-refractivity contribution in [3.05, 3.63) is 29.1 Å². The van der Waals surface area contributed by atoms with Crippen LogP contribution in [-0.4, -0.2) is 21.0 Å². The molecule has 0 amide bonds. The van der Waals surface area contributed by atoms with Crippen LogP contribution in [0.4, 0.5) is 4.39 Å². The summed E-state index contributed by atoms with van der Waals surface area (Å²) in [6.07, 6.45) is 2.59. The Labute approximate surface area is 132 Å². The fourth-order valence-corrected chi connectivity index (χ4v) is 4.01. The molecule has 21 heavy (non-hydrogen) atoms. The number of nitrogens with two attached hydrogens (primary N) is 1. The van der Waals surface area contributed by atoms with Gasteiger partial charge in [-0.05, 0) is 43.5 Å². The van der Waals surface area contributed by atoms with Crippen molar-refractivity contribution < 1.29 is 12.8 Å². The van der Waals surface area contributed by atoms with Gasteiger partial charge in [0, 0.05) is 12.6 Å². The van der Waals surface area contributed by atoms with Crippen LogP contribution < -0.4 is 10.5 Å². The van der Waals surface area contributed by atoms with E-state index >= 15 is 0 Å². The minimum absolute atomic E-state index is 0. The first-order valence-electron chi connectivity index (χ1n) is 6.81. The maximum absolute atomic E-state index is 13.3. The van der Waals surface area contributed by atoms with Crippen LogP contribution in [0.1, 0.15) is 37.3 Å². The van der Waals surface area contributed by atoms with Crippen molar-refractivity contribution in [2.45, 2.75) is 51.0 Å². The third-order valence-electron chi connectivity index (χ3n) is 3.21. The molecule has 122 valence electrons. The Balaban J connectivity index is 0.00000400. The van der Waals surface area contributed by atoms with E-state index in [2.05, 4.69) is 4.72 Å². The van der Waals surface area contributed by atoms with E-state index in [1.54, 1.807) is 13.8 Å². The summed E-state index contributed by atoms with van der Waals surface area (Å²) in [6.45, 7) is 5.47. The molecule has 1 unspecified atom stereocenters. The minimum atomic E-state index is -3.68. The maximum Gasteiger partial charge on any atom is 0.241 e. The molecule has 1 aromatic rings. The second kappa shape index (κ2) is 8.68. The number of rotatable bonds is 7. The molecule has 1 rings (SSSR count). The summed E-state index contributed by atoms with van der Waals surface area (Å²) in [6, 6.07) is 2.17. The summed E-state index contributed by atoms with van der Waals surface area (Å²) in [5.41, 5.74) is 6.42. The first-order chi connectivity index (χ1) is 9.31. The van der Waals surface area contributed by atoms with Crippen molar-refractivity contribution in [1.29, 1.82) is 0 Å². The number of aryl methyl sites for hydroxylation is 2. The van der Waals surface area contributed by atoms with Gasteiger partial charge in [-0.2, -0.15) is 0 Å². The third kappa shape index (κ3) is 5.54. The predicted molar refractivity (Wildman–Crippen MR) is 85.8 cm³/mol. The number of hydrogen-bond donors (Lipinski definition) is 2. The van der Waals surface area contributed by atoms with Crippen LogP contribution in [-0.2, 0) is 10.0 Å². The molecule has 0 aliphatic heterocycles. The summed E-state index contributed by atoms with van der Waals surface area (Å²) in [7, 11) is -3.68. The largest absolute Gasteiger partial charge is 0.329 e. The Kier molecular flexibility index (Phi) is 8.39. The van der Waals surface area contributed by atoms with E-state index in [1.165, 1.54) is 12.1 Å². The van der Waals surface area contributed by atoms with Gasteiger partial charge in [-0.25, -0.2) is 17.5 Å². The number of halogens is 2. The highest BCUT2D eigenvalue weighted by Crippen LogP contribution is 2.21. The summed E-state index contributed by atoms with van der Waals surface area (Å²) in [4.78, 5) is 0.147. The molecule has 0 aliphatic carbocycles. The van der Waals surface area contributed by atoms with Crippen LogP contribution in [0.25, 0.3) is 0 Å². The second-order valence-electron chi connectivity index (χ2n) is 5.06. The first-order valence-corrected chi connectivity index (χ1v) is 8.29. The van der Waals surface area contributed by atoms with Crippen molar-refractivity contribution in [1.82, 2.24) is 4.72 Å². The minimum Gasteiger partial charge on any atom is -0.329 e. The topological polar surface area (TPSA) is 72.2 Å². The van der Waals surface area contributed by atoms with Crippen LogP contribution in [0.2, 0.25) is 0 Å². The normalized spacial score (nSPS) is 12.8.